The van der Waals surface area contributed by atoms with Crippen LogP contribution in [0.1, 0.15) is 0 Å². The second kappa shape index (κ2) is 13.3. The number of thiophene rings is 1. The van der Waals surface area contributed by atoms with Crippen molar-refractivity contribution in [2.45, 2.75) is 0 Å². The maximum atomic E-state index is 2.45. The highest BCUT2D eigenvalue weighted by Gasteiger charge is 2.21. The first kappa shape index (κ1) is 32.3. The predicted molar refractivity (Wildman–Crippen MR) is 239 cm³/mol. The first-order chi connectivity index (χ1) is 27.8. The lowest BCUT2D eigenvalue weighted by atomic mass is 10.0. The van der Waals surface area contributed by atoms with Crippen LogP contribution in [0.3, 0.4) is 0 Å². The number of hydrogen-bond donors (Lipinski definition) is 0. The molecule has 3 nitrogen and oxygen atoms in total. The molecule has 264 valence electrons. The van der Waals surface area contributed by atoms with E-state index < -0.39 is 0 Å². The molecule has 0 spiro atoms. The number of hydrogen-bond acceptors (Lipinski definition) is 2. The van der Waals surface area contributed by atoms with Crippen LogP contribution in [0.5, 0.6) is 0 Å². The van der Waals surface area contributed by atoms with Crippen LogP contribution in [0.15, 0.2) is 212 Å². The normalized spacial score (nSPS) is 11.6. The lowest BCUT2D eigenvalue weighted by molar-refractivity contribution is 1.07. The summed E-state index contributed by atoms with van der Waals surface area (Å²) in [5, 5.41) is 4.99. The minimum Gasteiger partial charge on any atom is -0.309 e. The third kappa shape index (κ3) is 5.42. The van der Waals surface area contributed by atoms with E-state index in [4.69, 9.17) is 0 Å². The van der Waals surface area contributed by atoms with Gasteiger partial charge in [0, 0.05) is 53.7 Å². The van der Waals surface area contributed by atoms with Gasteiger partial charge in [-0.2, -0.15) is 0 Å². The van der Waals surface area contributed by atoms with Crippen LogP contribution >= 0.6 is 11.3 Å². The molecule has 0 aliphatic carbocycles. The molecule has 3 aromatic heterocycles. The Hall–Kier alpha value is -7.14. The molecule has 8 aromatic carbocycles. The highest BCUT2D eigenvalue weighted by Crippen LogP contribution is 2.42. The fourth-order valence-corrected chi connectivity index (χ4v) is 9.37. The van der Waals surface area contributed by atoms with E-state index in [2.05, 4.69) is 226 Å². The summed E-state index contributed by atoms with van der Waals surface area (Å²) in [5.74, 6) is 1.08. The molecular weight excluding hydrogens is 699 g/mol. The van der Waals surface area contributed by atoms with Gasteiger partial charge in [-0.1, -0.05) is 127 Å². The van der Waals surface area contributed by atoms with Gasteiger partial charge in [0.1, 0.15) is 5.82 Å². The maximum Gasteiger partial charge on any atom is 0.123 e. The van der Waals surface area contributed by atoms with Crippen LogP contribution < -0.4 is 4.90 Å². The highest BCUT2D eigenvalue weighted by molar-refractivity contribution is 7.25. The molecular formula is C52H35N3S. The van der Waals surface area contributed by atoms with Gasteiger partial charge in [-0.05, 0) is 102 Å². The Kier molecular flexibility index (Phi) is 7.68. The van der Waals surface area contributed by atoms with Gasteiger partial charge >= 0.3 is 0 Å². The van der Waals surface area contributed by atoms with E-state index in [1.807, 2.05) is 11.3 Å². The number of benzene rings is 8. The molecule has 11 rings (SSSR count). The van der Waals surface area contributed by atoms with Gasteiger partial charge in [-0.15, -0.1) is 11.3 Å². The van der Waals surface area contributed by atoms with E-state index in [1.165, 1.54) is 58.8 Å². The largest absolute Gasteiger partial charge is 0.309 e. The summed E-state index contributed by atoms with van der Waals surface area (Å²) in [4.78, 5) is 2.35. The average Bonchev–Trinajstić information content (AvgIpc) is 3.96. The fourth-order valence-electron chi connectivity index (χ4n) is 8.28. The summed E-state index contributed by atoms with van der Waals surface area (Å²) < 4.78 is 7.46. The quantitative estimate of drug-likeness (QED) is 0.159. The van der Waals surface area contributed by atoms with Crippen molar-refractivity contribution >= 4 is 70.5 Å². The Bertz CT molecular complexity index is 3140. The van der Waals surface area contributed by atoms with Crippen LogP contribution in [-0.2, 0) is 0 Å². The molecule has 0 aliphatic heterocycles. The van der Waals surface area contributed by atoms with E-state index in [9.17, 15) is 0 Å². The van der Waals surface area contributed by atoms with Crippen LogP contribution in [0.4, 0.5) is 17.2 Å². The second-order valence-electron chi connectivity index (χ2n) is 14.2. The van der Waals surface area contributed by atoms with Crippen molar-refractivity contribution in [2.24, 2.45) is 0 Å². The molecule has 0 aliphatic rings. The number of aromatic nitrogens is 2. The molecule has 0 saturated heterocycles. The molecule has 4 heteroatoms. The Morgan fingerprint density at radius 1 is 0.357 bits per heavy atom. The standard InChI is InChI=1S/C52H35N3S/c1-5-15-36(16-6-1)47-33-39-27-25-37(31-48(39)54(47)44-29-30-51-46(35-44)45-23-13-14-24-50(45)56-51)38-26-28-40-34-52(55(49(40)32-38)43-21-11-4-12-22-43)53(41-17-7-2-8-18-41)42-19-9-3-10-20-42/h1-35H. The zero-order valence-electron chi connectivity index (χ0n) is 30.5. The smallest absolute Gasteiger partial charge is 0.123 e. The van der Waals surface area contributed by atoms with E-state index >= 15 is 0 Å². The number of nitrogens with zero attached hydrogens (tertiary/aromatic N) is 3. The van der Waals surface area contributed by atoms with E-state index in [1.54, 1.807) is 0 Å². The fraction of sp³-hybridized carbons (Fsp3) is 0. The number of anilines is 3. The predicted octanol–water partition coefficient (Wildman–Crippen LogP) is 14.7. The first-order valence-corrected chi connectivity index (χ1v) is 19.8. The van der Waals surface area contributed by atoms with Crippen molar-refractivity contribution in [3.8, 4) is 33.8 Å². The molecule has 0 saturated carbocycles. The second-order valence-corrected chi connectivity index (χ2v) is 15.3. The summed E-state index contributed by atoms with van der Waals surface area (Å²) in [6.07, 6.45) is 0. The van der Waals surface area contributed by atoms with Gasteiger partial charge in [0.25, 0.3) is 0 Å². The summed E-state index contributed by atoms with van der Waals surface area (Å²) >= 11 is 1.86. The summed E-state index contributed by atoms with van der Waals surface area (Å²) in [6.45, 7) is 0. The van der Waals surface area contributed by atoms with Crippen molar-refractivity contribution in [3.05, 3.63) is 212 Å². The molecule has 3 heterocycles. The van der Waals surface area contributed by atoms with Gasteiger partial charge in [-0.25, -0.2) is 0 Å². The van der Waals surface area contributed by atoms with Crippen LogP contribution in [-0.4, -0.2) is 9.13 Å². The lowest BCUT2D eigenvalue weighted by Gasteiger charge is -2.27. The number of para-hydroxylation sites is 3. The maximum absolute atomic E-state index is 2.45. The minimum absolute atomic E-state index is 1.08. The van der Waals surface area contributed by atoms with Crippen LogP contribution in [0, 0.1) is 0 Å². The minimum atomic E-state index is 1.08. The van der Waals surface area contributed by atoms with Crippen molar-refractivity contribution in [3.63, 3.8) is 0 Å². The van der Waals surface area contributed by atoms with E-state index in [-0.39, 0.29) is 0 Å². The molecule has 0 bridgehead atoms. The summed E-state index contributed by atoms with van der Waals surface area (Å²) in [6, 6.07) is 76.9. The Morgan fingerprint density at radius 2 is 0.911 bits per heavy atom. The molecule has 0 amide bonds. The molecule has 56 heavy (non-hydrogen) atoms. The topological polar surface area (TPSA) is 13.1 Å². The number of fused-ring (bicyclic) bond motifs is 5. The molecule has 0 N–H and O–H groups in total. The van der Waals surface area contributed by atoms with Gasteiger partial charge in [0.15, 0.2) is 0 Å². The summed E-state index contributed by atoms with van der Waals surface area (Å²) in [5.41, 5.74) is 11.5. The third-order valence-electron chi connectivity index (χ3n) is 10.9. The Balaban J connectivity index is 1.12. The molecule has 0 fully saturated rings. The number of rotatable bonds is 7. The molecule has 0 unspecified atom stereocenters. The summed E-state index contributed by atoms with van der Waals surface area (Å²) in [7, 11) is 0. The molecule has 0 radical (unpaired) electrons. The van der Waals surface area contributed by atoms with E-state index in [0.717, 1.165) is 34.1 Å². The van der Waals surface area contributed by atoms with Gasteiger partial charge in [0.2, 0.25) is 0 Å². The van der Waals surface area contributed by atoms with Gasteiger partial charge in [-0.3, -0.25) is 9.47 Å². The SMILES string of the molecule is c1ccc(-c2cc3ccc(-c4ccc5cc(N(c6ccccc6)c6ccccc6)n(-c6ccccc6)c5c4)cc3n2-c2ccc3sc4ccccc4c3c2)cc1. The van der Waals surface area contributed by atoms with Crippen LogP contribution in [0.2, 0.25) is 0 Å². The first-order valence-electron chi connectivity index (χ1n) is 19.0. The van der Waals surface area contributed by atoms with Gasteiger partial charge < -0.3 is 4.57 Å². The Labute approximate surface area is 329 Å². The van der Waals surface area contributed by atoms with Crippen molar-refractivity contribution < 1.29 is 0 Å². The molecule has 11 aromatic rings. The van der Waals surface area contributed by atoms with Gasteiger partial charge in [0.05, 0.1) is 16.7 Å². The molecule has 0 atom stereocenters. The van der Waals surface area contributed by atoms with E-state index in [0.29, 0.717) is 0 Å². The monoisotopic (exact) mass is 733 g/mol. The van der Waals surface area contributed by atoms with Crippen molar-refractivity contribution in [1.29, 1.82) is 0 Å². The van der Waals surface area contributed by atoms with Crippen molar-refractivity contribution in [2.75, 3.05) is 4.90 Å². The Morgan fingerprint density at radius 3 is 1.59 bits per heavy atom. The average molecular weight is 734 g/mol. The van der Waals surface area contributed by atoms with Crippen LogP contribution in [0.25, 0.3) is 75.7 Å². The zero-order chi connectivity index (χ0) is 37.0. The third-order valence-corrected chi connectivity index (χ3v) is 12.0. The van der Waals surface area contributed by atoms with Crippen molar-refractivity contribution in [1.82, 2.24) is 9.13 Å². The lowest BCUT2D eigenvalue weighted by Crippen LogP contribution is -2.13. The zero-order valence-corrected chi connectivity index (χ0v) is 31.3. The highest BCUT2D eigenvalue weighted by atomic mass is 32.1.